The Morgan fingerprint density at radius 1 is 1.35 bits per heavy atom. The number of halogens is 2. The van der Waals surface area contributed by atoms with E-state index in [4.69, 9.17) is 0 Å². The van der Waals surface area contributed by atoms with Gasteiger partial charge in [0.05, 0.1) is 11.3 Å². The van der Waals surface area contributed by atoms with Crippen molar-refractivity contribution < 1.29 is 13.5 Å². The molecule has 0 atom stereocenters. The van der Waals surface area contributed by atoms with Crippen LogP contribution in [0.4, 0.5) is 8.78 Å². The number of alkyl halides is 2. The van der Waals surface area contributed by atoms with Gasteiger partial charge in [-0.2, -0.15) is 8.78 Å². The van der Waals surface area contributed by atoms with Crippen LogP contribution < -0.4 is 10.3 Å². The first-order chi connectivity index (χ1) is 11.0. The molecular formula is C16H17F2N3O2. The number of hydrogen-bond acceptors (Lipinski definition) is 4. The molecule has 1 aromatic heterocycles. The van der Waals surface area contributed by atoms with Gasteiger partial charge in [0.15, 0.2) is 0 Å². The standard InChI is InChI=1S/C16H17F2N3O2/c1-10-19-14-6-7-21(9-13(14)15(22)20-10)8-11-2-4-12(5-3-11)23-16(17)18/h2-5,16H,6-9H2,1H3,(H,19,20,22). The first-order valence-corrected chi connectivity index (χ1v) is 7.36. The third kappa shape index (κ3) is 3.73. The highest BCUT2D eigenvalue weighted by molar-refractivity contribution is 5.28. The Hall–Kier alpha value is -2.28. The zero-order valence-corrected chi connectivity index (χ0v) is 12.7. The molecule has 2 aromatic rings. The zero-order chi connectivity index (χ0) is 16.4. The molecule has 122 valence electrons. The Kier molecular flexibility index (Phi) is 4.38. The van der Waals surface area contributed by atoms with Crippen LogP contribution in [-0.2, 0) is 19.5 Å². The van der Waals surface area contributed by atoms with Crippen molar-refractivity contribution >= 4 is 0 Å². The largest absolute Gasteiger partial charge is 0.435 e. The summed E-state index contributed by atoms with van der Waals surface area (Å²) in [5.41, 5.74) is 2.46. The Balaban J connectivity index is 1.69. The van der Waals surface area contributed by atoms with Crippen LogP contribution in [0.15, 0.2) is 29.1 Å². The number of aryl methyl sites for hydroxylation is 1. The smallest absolute Gasteiger partial charge is 0.387 e. The van der Waals surface area contributed by atoms with Crippen molar-refractivity contribution in [1.82, 2.24) is 14.9 Å². The summed E-state index contributed by atoms with van der Waals surface area (Å²) in [6.45, 7) is 0.937. The molecule has 2 heterocycles. The van der Waals surface area contributed by atoms with Crippen LogP contribution in [0.1, 0.15) is 22.6 Å². The quantitative estimate of drug-likeness (QED) is 0.938. The lowest BCUT2D eigenvalue weighted by Crippen LogP contribution is -2.35. The molecule has 0 saturated heterocycles. The minimum absolute atomic E-state index is 0.0853. The van der Waals surface area contributed by atoms with Gasteiger partial charge in [-0.3, -0.25) is 9.69 Å². The molecule has 0 radical (unpaired) electrons. The van der Waals surface area contributed by atoms with Gasteiger partial charge in [0.25, 0.3) is 5.56 Å². The molecule has 1 aliphatic rings. The second-order valence-electron chi connectivity index (χ2n) is 5.56. The number of nitrogens with zero attached hydrogens (tertiary/aromatic N) is 2. The van der Waals surface area contributed by atoms with E-state index in [1.54, 1.807) is 19.1 Å². The molecule has 0 aliphatic carbocycles. The fourth-order valence-electron chi connectivity index (χ4n) is 2.77. The SMILES string of the molecule is Cc1nc2c(c(=O)[nH]1)CN(Cc1ccc(OC(F)F)cc1)CC2. The molecule has 7 heteroatoms. The average Bonchev–Trinajstić information content (AvgIpc) is 2.49. The number of benzene rings is 1. The van der Waals surface area contributed by atoms with E-state index in [1.165, 1.54) is 12.1 Å². The van der Waals surface area contributed by atoms with Crippen LogP contribution in [0, 0.1) is 6.92 Å². The monoisotopic (exact) mass is 321 g/mol. The minimum atomic E-state index is -2.82. The van der Waals surface area contributed by atoms with E-state index in [0.717, 1.165) is 24.2 Å². The maximum atomic E-state index is 12.1. The first-order valence-electron chi connectivity index (χ1n) is 7.36. The van der Waals surface area contributed by atoms with Gasteiger partial charge in [0.2, 0.25) is 0 Å². The van der Waals surface area contributed by atoms with Crippen molar-refractivity contribution in [2.45, 2.75) is 33.0 Å². The first kappa shape index (κ1) is 15.6. The topological polar surface area (TPSA) is 58.2 Å². The van der Waals surface area contributed by atoms with Crippen molar-refractivity contribution in [1.29, 1.82) is 0 Å². The number of aromatic amines is 1. The van der Waals surface area contributed by atoms with E-state index in [2.05, 4.69) is 19.6 Å². The maximum Gasteiger partial charge on any atom is 0.387 e. The number of H-pyrrole nitrogens is 1. The number of rotatable bonds is 4. The van der Waals surface area contributed by atoms with Crippen LogP contribution in [0.2, 0.25) is 0 Å². The van der Waals surface area contributed by atoms with E-state index < -0.39 is 6.61 Å². The Morgan fingerprint density at radius 2 is 2.09 bits per heavy atom. The summed E-state index contributed by atoms with van der Waals surface area (Å²) in [5.74, 6) is 0.778. The Bertz CT molecular complexity index is 744. The molecular weight excluding hydrogens is 304 g/mol. The molecule has 1 N–H and O–H groups in total. The summed E-state index contributed by atoms with van der Waals surface area (Å²) in [6, 6.07) is 6.56. The van der Waals surface area contributed by atoms with E-state index in [-0.39, 0.29) is 11.3 Å². The summed E-state index contributed by atoms with van der Waals surface area (Å²) in [4.78, 5) is 21.3. The molecule has 0 fully saturated rings. The summed E-state index contributed by atoms with van der Waals surface area (Å²) in [7, 11) is 0. The molecule has 0 bridgehead atoms. The molecule has 0 saturated carbocycles. The van der Waals surface area contributed by atoms with Crippen LogP contribution in [-0.4, -0.2) is 28.0 Å². The molecule has 1 aliphatic heterocycles. The third-order valence-corrected chi connectivity index (χ3v) is 3.82. The fraction of sp³-hybridized carbons (Fsp3) is 0.375. The van der Waals surface area contributed by atoms with Crippen molar-refractivity contribution in [3.05, 3.63) is 57.3 Å². The second-order valence-corrected chi connectivity index (χ2v) is 5.56. The van der Waals surface area contributed by atoms with Crippen molar-refractivity contribution in [3.8, 4) is 5.75 Å². The normalized spacial score (nSPS) is 14.8. The number of ether oxygens (including phenoxy) is 1. The summed E-state index contributed by atoms with van der Waals surface area (Å²) in [6.07, 6.45) is 0.729. The van der Waals surface area contributed by atoms with Crippen LogP contribution in [0.3, 0.4) is 0 Å². The number of hydrogen-bond donors (Lipinski definition) is 1. The lowest BCUT2D eigenvalue weighted by atomic mass is 10.1. The van der Waals surface area contributed by atoms with Gasteiger partial charge in [0, 0.05) is 26.1 Å². The van der Waals surface area contributed by atoms with Gasteiger partial charge in [-0.1, -0.05) is 12.1 Å². The van der Waals surface area contributed by atoms with Crippen molar-refractivity contribution in [3.63, 3.8) is 0 Å². The van der Waals surface area contributed by atoms with Crippen molar-refractivity contribution in [2.24, 2.45) is 0 Å². The van der Waals surface area contributed by atoms with Crippen molar-refractivity contribution in [2.75, 3.05) is 6.54 Å². The number of nitrogens with one attached hydrogen (secondary N) is 1. The maximum absolute atomic E-state index is 12.1. The predicted octanol–water partition coefficient (Wildman–Crippen LogP) is 2.24. The average molecular weight is 321 g/mol. The van der Waals surface area contributed by atoms with Crippen LogP contribution in [0.5, 0.6) is 5.75 Å². The molecule has 23 heavy (non-hydrogen) atoms. The Morgan fingerprint density at radius 3 is 2.78 bits per heavy atom. The predicted molar refractivity (Wildman–Crippen MR) is 80.5 cm³/mol. The summed E-state index contributed by atoms with van der Waals surface area (Å²) in [5, 5.41) is 0. The van der Waals surface area contributed by atoms with E-state index in [1.807, 2.05) is 0 Å². The molecule has 1 aromatic carbocycles. The number of aromatic nitrogens is 2. The molecule has 0 amide bonds. The van der Waals surface area contributed by atoms with Gasteiger partial charge in [-0.15, -0.1) is 0 Å². The van der Waals surface area contributed by atoms with Gasteiger partial charge >= 0.3 is 6.61 Å². The van der Waals surface area contributed by atoms with Gasteiger partial charge in [0.1, 0.15) is 11.6 Å². The van der Waals surface area contributed by atoms with E-state index >= 15 is 0 Å². The van der Waals surface area contributed by atoms with E-state index in [9.17, 15) is 13.6 Å². The minimum Gasteiger partial charge on any atom is -0.435 e. The third-order valence-electron chi connectivity index (χ3n) is 3.82. The highest BCUT2D eigenvalue weighted by atomic mass is 19.3. The van der Waals surface area contributed by atoms with Gasteiger partial charge in [-0.25, -0.2) is 4.98 Å². The lowest BCUT2D eigenvalue weighted by molar-refractivity contribution is -0.0498. The van der Waals surface area contributed by atoms with Crippen LogP contribution >= 0.6 is 0 Å². The highest BCUT2D eigenvalue weighted by Crippen LogP contribution is 2.19. The fourth-order valence-corrected chi connectivity index (χ4v) is 2.77. The molecule has 3 rings (SSSR count). The van der Waals surface area contributed by atoms with Crippen LogP contribution in [0.25, 0.3) is 0 Å². The Labute approximate surface area is 131 Å². The van der Waals surface area contributed by atoms with Gasteiger partial charge in [-0.05, 0) is 24.6 Å². The molecule has 5 nitrogen and oxygen atoms in total. The summed E-state index contributed by atoms with van der Waals surface area (Å²) >= 11 is 0. The van der Waals surface area contributed by atoms with E-state index in [0.29, 0.717) is 24.5 Å². The number of fused-ring (bicyclic) bond motifs is 1. The summed E-state index contributed by atoms with van der Waals surface area (Å²) < 4.78 is 28.6. The zero-order valence-electron chi connectivity index (χ0n) is 12.7. The lowest BCUT2D eigenvalue weighted by Gasteiger charge is -2.27. The molecule has 0 unspecified atom stereocenters. The molecule has 0 spiro atoms. The van der Waals surface area contributed by atoms with Gasteiger partial charge < -0.3 is 9.72 Å². The highest BCUT2D eigenvalue weighted by Gasteiger charge is 2.20. The second kappa shape index (κ2) is 6.45.